The van der Waals surface area contributed by atoms with Gasteiger partial charge in [0.25, 0.3) is 0 Å². The van der Waals surface area contributed by atoms with E-state index in [0.29, 0.717) is 5.56 Å². The molecule has 0 radical (unpaired) electrons. The van der Waals surface area contributed by atoms with Gasteiger partial charge in [0.15, 0.2) is 0 Å². The Balaban J connectivity index is 2.12. The van der Waals surface area contributed by atoms with Gasteiger partial charge in [-0.1, -0.05) is 17.7 Å². The number of carbonyl (C=O) groups excluding carboxylic acids is 1. The summed E-state index contributed by atoms with van der Waals surface area (Å²) in [6, 6.07) is 2.25. The first-order chi connectivity index (χ1) is 11.3. The Labute approximate surface area is 140 Å². The molecule has 3 atom stereocenters. The second-order valence-electron chi connectivity index (χ2n) is 5.39. The third-order valence-electron chi connectivity index (χ3n) is 3.73. The smallest absolute Gasteiger partial charge is 0.326 e. The van der Waals surface area contributed by atoms with Crippen LogP contribution < -0.4 is 5.32 Å². The number of halogens is 4. The zero-order chi connectivity index (χ0) is 17.9. The number of carbonyl (C=O) groups is 2. The summed E-state index contributed by atoms with van der Waals surface area (Å²) in [5, 5.41) is 10.9. The lowest BCUT2D eigenvalue weighted by molar-refractivity contribution is -0.144. The van der Waals surface area contributed by atoms with Crippen LogP contribution >= 0.6 is 11.6 Å². The Morgan fingerprint density at radius 3 is 2.71 bits per heavy atom. The maximum atomic E-state index is 13.6. The average molecular weight is 366 g/mol. The van der Waals surface area contributed by atoms with Crippen LogP contribution in [0.3, 0.4) is 0 Å². The molecule has 0 saturated carbocycles. The molecule has 1 aromatic carbocycles. The SMILES string of the molecule is O=C(O)C(CC(F)F)NC(=O)[C@@H]1CCO[C@H]1c1ccc(Cl)c(F)c1. The van der Waals surface area contributed by atoms with Crippen molar-refractivity contribution in [2.75, 3.05) is 6.61 Å². The van der Waals surface area contributed by atoms with Crippen molar-refractivity contribution in [3.05, 3.63) is 34.6 Å². The molecular formula is C15H15ClF3NO4. The van der Waals surface area contributed by atoms with Crippen LogP contribution in [0.2, 0.25) is 5.02 Å². The maximum Gasteiger partial charge on any atom is 0.326 e. The average Bonchev–Trinajstić information content (AvgIpc) is 2.98. The fraction of sp³-hybridized carbons (Fsp3) is 0.467. The van der Waals surface area contributed by atoms with Gasteiger partial charge < -0.3 is 15.2 Å². The molecule has 0 spiro atoms. The van der Waals surface area contributed by atoms with Crippen molar-refractivity contribution in [3.63, 3.8) is 0 Å². The van der Waals surface area contributed by atoms with Gasteiger partial charge in [-0.15, -0.1) is 0 Å². The van der Waals surface area contributed by atoms with E-state index >= 15 is 0 Å². The lowest BCUT2D eigenvalue weighted by atomic mass is 9.94. The third kappa shape index (κ3) is 4.39. The molecule has 5 nitrogen and oxygen atoms in total. The lowest BCUT2D eigenvalue weighted by Crippen LogP contribution is -2.45. The van der Waals surface area contributed by atoms with E-state index in [9.17, 15) is 22.8 Å². The molecule has 0 aliphatic carbocycles. The van der Waals surface area contributed by atoms with Gasteiger partial charge in [-0.25, -0.2) is 18.0 Å². The molecule has 1 aliphatic rings. The van der Waals surface area contributed by atoms with Crippen molar-refractivity contribution in [2.24, 2.45) is 5.92 Å². The minimum absolute atomic E-state index is 0.0828. The molecule has 0 bridgehead atoms. The number of ether oxygens (including phenoxy) is 1. The van der Waals surface area contributed by atoms with Crippen molar-refractivity contribution in [3.8, 4) is 0 Å². The van der Waals surface area contributed by atoms with E-state index in [1.165, 1.54) is 12.1 Å². The van der Waals surface area contributed by atoms with Crippen LogP contribution in [0.1, 0.15) is 24.5 Å². The first kappa shape index (κ1) is 18.5. The topological polar surface area (TPSA) is 75.6 Å². The Hall–Kier alpha value is -1.80. The van der Waals surface area contributed by atoms with E-state index in [0.717, 1.165) is 6.07 Å². The van der Waals surface area contributed by atoms with Gasteiger partial charge in [-0.05, 0) is 24.1 Å². The minimum Gasteiger partial charge on any atom is -0.480 e. The van der Waals surface area contributed by atoms with Crippen LogP contribution in [0, 0.1) is 11.7 Å². The molecular weight excluding hydrogens is 351 g/mol. The number of rotatable bonds is 6. The van der Waals surface area contributed by atoms with Gasteiger partial charge in [-0.2, -0.15) is 0 Å². The molecule has 1 aliphatic heterocycles. The van der Waals surface area contributed by atoms with Gasteiger partial charge >= 0.3 is 5.97 Å². The van der Waals surface area contributed by atoms with Crippen LogP contribution in [0.5, 0.6) is 0 Å². The predicted molar refractivity (Wildman–Crippen MR) is 78.4 cm³/mol. The van der Waals surface area contributed by atoms with Gasteiger partial charge in [0.2, 0.25) is 12.3 Å². The second-order valence-corrected chi connectivity index (χ2v) is 5.79. The van der Waals surface area contributed by atoms with E-state index < -0.39 is 48.6 Å². The predicted octanol–water partition coefficient (Wildman–Crippen LogP) is 2.78. The highest BCUT2D eigenvalue weighted by molar-refractivity contribution is 6.30. The highest BCUT2D eigenvalue weighted by Crippen LogP contribution is 2.36. The molecule has 1 fully saturated rings. The van der Waals surface area contributed by atoms with E-state index in [4.69, 9.17) is 21.4 Å². The second kappa shape index (κ2) is 7.85. The maximum absolute atomic E-state index is 13.6. The monoisotopic (exact) mass is 365 g/mol. The Kier molecular flexibility index (Phi) is 6.06. The number of benzene rings is 1. The van der Waals surface area contributed by atoms with Crippen molar-refractivity contribution in [2.45, 2.75) is 31.4 Å². The molecule has 1 unspecified atom stereocenters. The van der Waals surface area contributed by atoms with Gasteiger partial charge in [-0.3, -0.25) is 4.79 Å². The first-order valence-electron chi connectivity index (χ1n) is 7.17. The number of nitrogens with one attached hydrogen (secondary N) is 1. The van der Waals surface area contributed by atoms with Crippen molar-refractivity contribution >= 4 is 23.5 Å². The number of carboxylic acid groups (broad SMARTS) is 1. The summed E-state index contributed by atoms with van der Waals surface area (Å²) in [4.78, 5) is 23.2. The summed E-state index contributed by atoms with van der Waals surface area (Å²) in [5.74, 6) is -3.74. The summed E-state index contributed by atoms with van der Waals surface area (Å²) < 4.78 is 43.8. The van der Waals surface area contributed by atoms with Crippen LogP contribution in [0.15, 0.2) is 18.2 Å². The summed E-state index contributed by atoms with van der Waals surface area (Å²) in [6.07, 6.45) is -4.39. The normalized spacial score (nSPS) is 21.7. The highest BCUT2D eigenvalue weighted by Gasteiger charge is 2.37. The standard InChI is InChI=1S/C15H15ClF3NO4/c16-9-2-1-7(5-10(9)17)13-8(3-4-24-13)14(21)20-11(15(22)23)6-12(18)19/h1-2,5,8,11-13H,3-4,6H2,(H,20,21)(H,22,23)/t8-,11?,13+/m1/s1. The largest absolute Gasteiger partial charge is 0.480 e. The van der Waals surface area contributed by atoms with Gasteiger partial charge in [0, 0.05) is 13.0 Å². The number of hydrogen-bond acceptors (Lipinski definition) is 3. The first-order valence-corrected chi connectivity index (χ1v) is 7.55. The molecule has 1 saturated heterocycles. The summed E-state index contributed by atoms with van der Waals surface area (Å²) >= 11 is 5.61. The van der Waals surface area contributed by atoms with Crippen LogP contribution in [0.4, 0.5) is 13.2 Å². The lowest BCUT2D eigenvalue weighted by Gasteiger charge is -2.21. The van der Waals surface area contributed by atoms with Crippen LogP contribution in [0.25, 0.3) is 0 Å². The fourth-order valence-corrected chi connectivity index (χ4v) is 2.67. The number of hydrogen-bond donors (Lipinski definition) is 2. The van der Waals surface area contributed by atoms with E-state index in [-0.39, 0.29) is 18.1 Å². The van der Waals surface area contributed by atoms with Gasteiger partial charge in [0.1, 0.15) is 11.9 Å². The third-order valence-corrected chi connectivity index (χ3v) is 4.04. The summed E-state index contributed by atoms with van der Waals surface area (Å²) in [5.41, 5.74) is 0.371. The molecule has 2 rings (SSSR count). The molecule has 24 heavy (non-hydrogen) atoms. The Morgan fingerprint density at radius 1 is 1.42 bits per heavy atom. The van der Waals surface area contributed by atoms with E-state index in [1.807, 2.05) is 0 Å². The number of aliphatic carboxylic acids is 1. The molecule has 0 aromatic heterocycles. The highest BCUT2D eigenvalue weighted by atomic mass is 35.5. The zero-order valence-corrected chi connectivity index (χ0v) is 13.1. The molecule has 1 heterocycles. The molecule has 1 amide bonds. The minimum atomic E-state index is -2.87. The number of carboxylic acids is 1. The van der Waals surface area contributed by atoms with Crippen LogP contribution in [-0.4, -0.2) is 36.1 Å². The van der Waals surface area contributed by atoms with Gasteiger partial charge in [0.05, 0.1) is 17.0 Å². The molecule has 132 valence electrons. The number of alkyl halides is 2. The Bertz CT molecular complexity index is 629. The molecule has 1 aromatic rings. The van der Waals surface area contributed by atoms with Crippen LogP contribution in [-0.2, 0) is 14.3 Å². The summed E-state index contributed by atoms with van der Waals surface area (Å²) in [7, 11) is 0. The fourth-order valence-electron chi connectivity index (χ4n) is 2.55. The van der Waals surface area contributed by atoms with E-state index in [1.54, 1.807) is 0 Å². The quantitative estimate of drug-likeness (QED) is 0.813. The van der Waals surface area contributed by atoms with Crippen molar-refractivity contribution in [1.82, 2.24) is 5.32 Å². The summed E-state index contributed by atoms with van der Waals surface area (Å²) in [6.45, 7) is 0.208. The number of amides is 1. The molecule has 9 heteroatoms. The zero-order valence-electron chi connectivity index (χ0n) is 12.3. The Morgan fingerprint density at radius 2 is 2.12 bits per heavy atom. The van der Waals surface area contributed by atoms with Crippen molar-refractivity contribution < 1.29 is 32.6 Å². The van der Waals surface area contributed by atoms with Crippen molar-refractivity contribution in [1.29, 1.82) is 0 Å². The molecule has 2 N–H and O–H groups in total. The van der Waals surface area contributed by atoms with E-state index in [2.05, 4.69) is 5.32 Å².